The summed E-state index contributed by atoms with van der Waals surface area (Å²) in [6.07, 6.45) is 4.50. The molecule has 0 amide bonds. The predicted octanol–water partition coefficient (Wildman–Crippen LogP) is 0.507. The normalized spacial score (nSPS) is 10.4. The summed E-state index contributed by atoms with van der Waals surface area (Å²) >= 11 is 4.07. The number of aromatic nitrogens is 2. The first-order valence-electron chi connectivity index (χ1n) is 3.58. The highest BCUT2D eigenvalue weighted by Gasteiger charge is 1.96. The van der Waals surface area contributed by atoms with Gasteiger partial charge in [-0.1, -0.05) is 0 Å². The van der Waals surface area contributed by atoms with Crippen molar-refractivity contribution in [2.75, 3.05) is 5.75 Å². The SMILES string of the molecule is Cn1ccn(CCCS)c1=O. The highest BCUT2D eigenvalue weighted by molar-refractivity contribution is 7.80. The molecular formula is C7H12N2OS. The van der Waals surface area contributed by atoms with E-state index in [0.717, 1.165) is 18.7 Å². The van der Waals surface area contributed by atoms with E-state index in [1.54, 1.807) is 28.6 Å². The topological polar surface area (TPSA) is 26.9 Å². The summed E-state index contributed by atoms with van der Waals surface area (Å²) in [6, 6.07) is 0. The summed E-state index contributed by atoms with van der Waals surface area (Å²) in [5.41, 5.74) is 0.0479. The zero-order valence-electron chi connectivity index (χ0n) is 6.53. The van der Waals surface area contributed by atoms with Gasteiger partial charge in [0.1, 0.15) is 0 Å². The van der Waals surface area contributed by atoms with Crippen molar-refractivity contribution in [3.8, 4) is 0 Å². The third kappa shape index (κ3) is 1.89. The first-order valence-corrected chi connectivity index (χ1v) is 4.21. The molecule has 0 bridgehead atoms. The van der Waals surface area contributed by atoms with Gasteiger partial charge in [0.15, 0.2) is 0 Å². The summed E-state index contributed by atoms with van der Waals surface area (Å²) in [4.78, 5) is 11.2. The Morgan fingerprint density at radius 1 is 1.55 bits per heavy atom. The number of nitrogens with zero attached hydrogens (tertiary/aromatic N) is 2. The van der Waals surface area contributed by atoms with Gasteiger partial charge in [-0.25, -0.2) is 4.79 Å². The minimum absolute atomic E-state index is 0.0479. The van der Waals surface area contributed by atoms with Gasteiger partial charge in [-0.3, -0.25) is 4.57 Å². The molecule has 0 aliphatic heterocycles. The Balaban J connectivity index is 2.71. The Hall–Kier alpha value is -0.640. The first kappa shape index (κ1) is 8.46. The molecule has 4 heteroatoms. The molecule has 1 heterocycles. The van der Waals surface area contributed by atoms with Gasteiger partial charge < -0.3 is 4.57 Å². The molecule has 0 N–H and O–H groups in total. The van der Waals surface area contributed by atoms with E-state index >= 15 is 0 Å². The fourth-order valence-corrected chi connectivity index (χ4v) is 1.06. The fraction of sp³-hybridized carbons (Fsp3) is 0.571. The first-order chi connectivity index (χ1) is 5.25. The number of thiol groups is 1. The summed E-state index contributed by atoms with van der Waals surface area (Å²) in [7, 11) is 1.75. The highest BCUT2D eigenvalue weighted by atomic mass is 32.1. The summed E-state index contributed by atoms with van der Waals surface area (Å²) in [6.45, 7) is 0.767. The van der Waals surface area contributed by atoms with Crippen LogP contribution in [0.3, 0.4) is 0 Å². The van der Waals surface area contributed by atoms with Gasteiger partial charge in [-0.05, 0) is 12.2 Å². The van der Waals surface area contributed by atoms with Crippen LogP contribution >= 0.6 is 12.6 Å². The van der Waals surface area contributed by atoms with Crippen LogP contribution in [-0.2, 0) is 13.6 Å². The standard InChI is InChI=1S/C7H12N2OS/c1-8-4-5-9(7(8)10)3-2-6-11/h4-5,11H,2-3,6H2,1H3. The van der Waals surface area contributed by atoms with Crippen molar-refractivity contribution >= 4 is 12.6 Å². The summed E-state index contributed by atoms with van der Waals surface area (Å²) < 4.78 is 3.26. The van der Waals surface area contributed by atoms with Crippen LogP contribution in [0.2, 0.25) is 0 Å². The second kappa shape index (κ2) is 3.67. The van der Waals surface area contributed by atoms with Crippen LogP contribution in [-0.4, -0.2) is 14.9 Å². The summed E-state index contributed by atoms with van der Waals surface area (Å²) in [5, 5.41) is 0. The van der Waals surface area contributed by atoms with E-state index in [1.807, 2.05) is 0 Å². The van der Waals surface area contributed by atoms with Gasteiger partial charge in [0.05, 0.1) is 0 Å². The lowest BCUT2D eigenvalue weighted by Crippen LogP contribution is -2.21. The van der Waals surface area contributed by atoms with Gasteiger partial charge in [-0.2, -0.15) is 12.6 Å². The molecule has 0 atom stereocenters. The van der Waals surface area contributed by atoms with E-state index in [1.165, 1.54) is 0 Å². The average Bonchev–Trinajstić information content (AvgIpc) is 2.31. The molecule has 0 radical (unpaired) electrons. The molecule has 1 aromatic rings. The van der Waals surface area contributed by atoms with Crippen LogP contribution < -0.4 is 5.69 Å². The van der Waals surface area contributed by atoms with E-state index in [-0.39, 0.29) is 5.69 Å². The molecule has 0 spiro atoms. The number of rotatable bonds is 3. The maximum atomic E-state index is 11.2. The highest BCUT2D eigenvalue weighted by Crippen LogP contribution is 1.89. The molecular weight excluding hydrogens is 160 g/mol. The molecule has 1 rings (SSSR count). The van der Waals surface area contributed by atoms with Crippen molar-refractivity contribution in [1.82, 2.24) is 9.13 Å². The molecule has 11 heavy (non-hydrogen) atoms. The molecule has 0 unspecified atom stereocenters. The van der Waals surface area contributed by atoms with Crippen molar-refractivity contribution < 1.29 is 0 Å². The second-order valence-corrected chi connectivity index (χ2v) is 2.91. The molecule has 0 saturated carbocycles. The number of aryl methyl sites for hydroxylation is 2. The molecule has 0 saturated heterocycles. The van der Waals surface area contributed by atoms with Crippen molar-refractivity contribution in [3.05, 3.63) is 22.9 Å². The Morgan fingerprint density at radius 3 is 2.73 bits per heavy atom. The smallest absolute Gasteiger partial charge is 0.302 e. The minimum Gasteiger partial charge on any atom is -0.302 e. The third-order valence-corrected chi connectivity index (χ3v) is 1.89. The van der Waals surface area contributed by atoms with Crippen molar-refractivity contribution in [2.24, 2.45) is 7.05 Å². The van der Waals surface area contributed by atoms with Crippen LogP contribution in [0, 0.1) is 0 Å². The van der Waals surface area contributed by atoms with Crippen LogP contribution in [0.25, 0.3) is 0 Å². The van der Waals surface area contributed by atoms with Crippen LogP contribution in [0.15, 0.2) is 17.2 Å². The van der Waals surface area contributed by atoms with Gasteiger partial charge in [0.2, 0.25) is 0 Å². The van der Waals surface area contributed by atoms with Crippen LogP contribution in [0.1, 0.15) is 6.42 Å². The molecule has 62 valence electrons. The van der Waals surface area contributed by atoms with Crippen molar-refractivity contribution in [2.45, 2.75) is 13.0 Å². The van der Waals surface area contributed by atoms with Crippen LogP contribution in [0.5, 0.6) is 0 Å². The van der Waals surface area contributed by atoms with Gasteiger partial charge in [-0.15, -0.1) is 0 Å². The number of hydrogen-bond acceptors (Lipinski definition) is 2. The maximum Gasteiger partial charge on any atom is 0.327 e. The average molecular weight is 172 g/mol. The van der Waals surface area contributed by atoms with Gasteiger partial charge in [0.25, 0.3) is 0 Å². The van der Waals surface area contributed by atoms with Crippen LogP contribution in [0.4, 0.5) is 0 Å². The minimum atomic E-state index is 0.0479. The van der Waals surface area contributed by atoms with Gasteiger partial charge in [0, 0.05) is 26.0 Å². The van der Waals surface area contributed by atoms with E-state index in [9.17, 15) is 4.79 Å². The Bertz CT molecular complexity index is 276. The zero-order valence-corrected chi connectivity index (χ0v) is 7.42. The molecule has 3 nitrogen and oxygen atoms in total. The Morgan fingerprint density at radius 2 is 2.27 bits per heavy atom. The largest absolute Gasteiger partial charge is 0.327 e. The van der Waals surface area contributed by atoms with E-state index in [0.29, 0.717) is 0 Å². The molecule has 0 aliphatic carbocycles. The predicted molar refractivity (Wildman–Crippen MR) is 48.1 cm³/mol. The number of hydrogen-bond donors (Lipinski definition) is 1. The molecule has 0 fully saturated rings. The van der Waals surface area contributed by atoms with Crippen molar-refractivity contribution in [3.63, 3.8) is 0 Å². The quantitative estimate of drug-likeness (QED) is 0.661. The molecule has 0 aliphatic rings. The van der Waals surface area contributed by atoms with E-state index in [2.05, 4.69) is 12.6 Å². The Labute approximate surface area is 71.1 Å². The summed E-state index contributed by atoms with van der Waals surface area (Å²) in [5.74, 6) is 0.821. The Kier molecular flexibility index (Phi) is 2.82. The fourth-order valence-electron chi connectivity index (χ4n) is 0.922. The lowest BCUT2D eigenvalue weighted by molar-refractivity contribution is 0.641. The maximum absolute atomic E-state index is 11.2. The molecule has 1 aromatic heterocycles. The number of imidazole rings is 1. The monoisotopic (exact) mass is 172 g/mol. The molecule has 0 aromatic carbocycles. The lowest BCUT2D eigenvalue weighted by Gasteiger charge is -1.96. The lowest BCUT2D eigenvalue weighted by atomic mass is 10.5. The third-order valence-electron chi connectivity index (χ3n) is 1.57. The zero-order chi connectivity index (χ0) is 8.27. The van der Waals surface area contributed by atoms with Crippen molar-refractivity contribution in [1.29, 1.82) is 0 Å². The van der Waals surface area contributed by atoms with Gasteiger partial charge >= 0.3 is 5.69 Å². The van der Waals surface area contributed by atoms with E-state index < -0.39 is 0 Å². The van der Waals surface area contributed by atoms with E-state index in [4.69, 9.17) is 0 Å². The second-order valence-electron chi connectivity index (χ2n) is 2.46.